The molecule has 1 nitrogen and oxygen atoms in total. The Morgan fingerprint density at radius 2 is 1.93 bits per heavy atom. The summed E-state index contributed by atoms with van der Waals surface area (Å²) in [4.78, 5) is 0. The lowest BCUT2D eigenvalue weighted by molar-refractivity contribution is 0.123. The molecule has 2 rings (SSSR count). The highest BCUT2D eigenvalue weighted by molar-refractivity contribution is 9.10. The van der Waals surface area contributed by atoms with E-state index in [-0.39, 0.29) is 5.76 Å². The van der Waals surface area contributed by atoms with Crippen molar-refractivity contribution in [3.63, 3.8) is 0 Å². The quantitative estimate of drug-likeness (QED) is 0.776. The van der Waals surface area contributed by atoms with Gasteiger partial charge in [0.25, 0.3) is 6.43 Å². The lowest BCUT2D eigenvalue weighted by Crippen LogP contribution is -1.77. The van der Waals surface area contributed by atoms with Crippen LogP contribution in [0.3, 0.4) is 0 Å². The van der Waals surface area contributed by atoms with Crippen LogP contribution in [0.25, 0.3) is 11.3 Å². The van der Waals surface area contributed by atoms with Crippen molar-refractivity contribution in [2.75, 3.05) is 0 Å². The Balaban J connectivity index is 2.37. The minimum atomic E-state index is -2.56. The van der Waals surface area contributed by atoms with Gasteiger partial charge in [0, 0.05) is 10.0 Å². The van der Waals surface area contributed by atoms with Crippen molar-refractivity contribution in [2.45, 2.75) is 6.43 Å². The van der Waals surface area contributed by atoms with Crippen LogP contribution in [-0.2, 0) is 0 Å². The lowest BCUT2D eigenvalue weighted by atomic mass is 10.2. The van der Waals surface area contributed by atoms with Crippen LogP contribution >= 0.6 is 15.9 Å². The molecule has 0 fully saturated rings. The maximum absolute atomic E-state index is 12.3. The maximum atomic E-state index is 12.3. The van der Waals surface area contributed by atoms with Gasteiger partial charge in [-0.05, 0) is 24.3 Å². The highest BCUT2D eigenvalue weighted by Gasteiger charge is 2.12. The summed E-state index contributed by atoms with van der Waals surface area (Å²) in [5.74, 6) is 0.150. The van der Waals surface area contributed by atoms with Gasteiger partial charge in [-0.1, -0.05) is 28.1 Å². The van der Waals surface area contributed by atoms with Crippen molar-refractivity contribution in [1.29, 1.82) is 0 Å². The van der Waals surface area contributed by atoms with E-state index in [0.29, 0.717) is 5.76 Å². The van der Waals surface area contributed by atoms with E-state index in [1.807, 2.05) is 18.2 Å². The Kier molecular flexibility index (Phi) is 2.86. The number of benzene rings is 1. The van der Waals surface area contributed by atoms with E-state index in [1.165, 1.54) is 6.07 Å². The Hall–Kier alpha value is -1.16. The van der Waals surface area contributed by atoms with Crippen molar-refractivity contribution < 1.29 is 13.2 Å². The maximum Gasteiger partial charge on any atom is 0.295 e. The summed E-state index contributed by atoms with van der Waals surface area (Å²) in [6.45, 7) is 0. The molecule has 0 aliphatic rings. The van der Waals surface area contributed by atoms with Gasteiger partial charge in [-0.2, -0.15) is 0 Å². The first-order valence-corrected chi connectivity index (χ1v) is 5.10. The molecule has 4 heteroatoms. The van der Waals surface area contributed by atoms with E-state index < -0.39 is 6.43 Å². The molecular weight excluding hydrogens is 266 g/mol. The third kappa shape index (κ3) is 2.26. The molecule has 0 atom stereocenters. The highest BCUT2D eigenvalue weighted by Crippen LogP contribution is 2.28. The van der Waals surface area contributed by atoms with Gasteiger partial charge in [0.1, 0.15) is 5.76 Å². The second-order valence-electron chi connectivity index (χ2n) is 3.01. The van der Waals surface area contributed by atoms with Crippen LogP contribution in [0.5, 0.6) is 0 Å². The van der Waals surface area contributed by atoms with Gasteiger partial charge in [-0.3, -0.25) is 0 Å². The molecule has 1 aromatic heterocycles. The Morgan fingerprint density at radius 1 is 1.13 bits per heavy atom. The molecule has 0 saturated carbocycles. The van der Waals surface area contributed by atoms with Gasteiger partial charge < -0.3 is 4.42 Å². The smallest absolute Gasteiger partial charge is 0.295 e. The predicted molar refractivity (Wildman–Crippen MR) is 56.8 cm³/mol. The summed E-state index contributed by atoms with van der Waals surface area (Å²) in [6.07, 6.45) is -2.56. The molecule has 78 valence electrons. The fraction of sp³-hybridized carbons (Fsp3) is 0.0909. The molecule has 15 heavy (non-hydrogen) atoms. The average Bonchev–Trinajstić information content (AvgIpc) is 2.66. The van der Waals surface area contributed by atoms with E-state index in [4.69, 9.17) is 4.42 Å². The molecule has 1 heterocycles. The summed E-state index contributed by atoms with van der Waals surface area (Å²) in [6, 6.07) is 10.1. The topological polar surface area (TPSA) is 13.1 Å². The van der Waals surface area contributed by atoms with E-state index in [1.54, 1.807) is 12.1 Å². The van der Waals surface area contributed by atoms with Crippen LogP contribution < -0.4 is 0 Å². The minimum Gasteiger partial charge on any atom is -0.455 e. The third-order valence-electron chi connectivity index (χ3n) is 1.95. The third-order valence-corrected chi connectivity index (χ3v) is 2.44. The van der Waals surface area contributed by atoms with Gasteiger partial charge in [0.2, 0.25) is 0 Å². The number of rotatable bonds is 2. The minimum absolute atomic E-state index is 0.301. The largest absolute Gasteiger partial charge is 0.455 e. The fourth-order valence-corrected chi connectivity index (χ4v) is 1.67. The summed E-state index contributed by atoms with van der Waals surface area (Å²) < 4.78 is 30.4. The zero-order valence-electron chi connectivity index (χ0n) is 7.58. The molecule has 0 bridgehead atoms. The SMILES string of the molecule is FC(F)c1ccc(-c2cccc(Br)c2)o1. The molecule has 0 unspecified atom stereocenters. The standard InChI is InChI=1S/C11H7BrF2O/c12-8-3-1-2-7(6-8)9-4-5-10(15-9)11(13)14/h1-6,11H. The summed E-state index contributed by atoms with van der Waals surface area (Å²) >= 11 is 3.31. The van der Waals surface area contributed by atoms with Crippen molar-refractivity contribution in [3.8, 4) is 11.3 Å². The number of furan rings is 1. The summed E-state index contributed by atoms with van der Waals surface area (Å²) in [5.41, 5.74) is 0.774. The lowest BCUT2D eigenvalue weighted by Gasteiger charge is -1.97. The molecule has 0 aliphatic heterocycles. The van der Waals surface area contributed by atoms with Gasteiger partial charge in [0.05, 0.1) is 0 Å². The average molecular weight is 273 g/mol. The van der Waals surface area contributed by atoms with Crippen LogP contribution in [0.1, 0.15) is 12.2 Å². The molecule has 0 radical (unpaired) electrons. The van der Waals surface area contributed by atoms with Crippen LogP contribution in [0.2, 0.25) is 0 Å². The molecule has 0 N–H and O–H groups in total. The highest BCUT2D eigenvalue weighted by atomic mass is 79.9. The predicted octanol–water partition coefficient (Wildman–Crippen LogP) is 4.65. The molecular formula is C11H7BrF2O. The second-order valence-corrected chi connectivity index (χ2v) is 3.93. The number of alkyl halides is 2. The van der Waals surface area contributed by atoms with Crippen molar-refractivity contribution >= 4 is 15.9 Å². The Morgan fingerprint density at radius 3 is 2.53 bits per heavy atom. The van der Waals surface area contributed by atoms with E-state index >= 15 is 0 Å². The van der Waals surface area contributed by atoms with Crippen LogP contribution in [0.4, 0.5) is 8.78 Å². The van der Waals surface area contributed by atoms with Crippen LogP contribution in [0, 0.1) is 0 Å². The molecule has 0 amide bonds. The molecule has 0 spiro atoms. The van der Waals surface area contributed by atoms with Crippen molar-refractivity contribution in [3.05, 3.63) is 46.6 Å². The summed E-state index contributed by atoms with van der Waals surface area (Å²) in [5, 5.41) is 0. The van der Waals surface area contributed by atoms with E-state index in [0.717, 1.165) is 10.0 Å². The van der Waals surface area contributed by atoms with Gasteiger partial charge in [-0.25, -0.2) is 8.78 Å². The van der Waals surface area contributed by atoms with Crippen LogP contribution in [0.15, 0.2) is 45.3 Å². The first-order chi connectivity index (χ1) is 7.16. The zero-order chi connectivity index (χ0) is 10.8. The van der Waals surface area contributed by atoms with E-state index in [2.05, 4.69) is 15.9 Å². The van der Waals surface area contributed by atoms with Crippen molar-refractivity contribution in [1.82, 2.24) is 0 Å². The molecule has 0 aliphatic carbocycles. The summed E-state index contributed by atoms with van der Waals surface area (Å²) in [7, 11) is 0. The fourth-order valence-electron chi connectivity index (χ4n) is 1.27. The van der Waals surface area contributed by atoms with Gasteiger partial charge in [-0.15, -0.1) is 0 Å². The van der Waals surface area contributed by atoms with Crippen LogP contribution in [-0.4, -0.2) is 0 Å². The monoisotopic (exact) mass is 272 g/mol. The van der Waals surface area contributed by atoms with Crippen molar-refractivity contribution in [2.24, 2.45) is 0 Å². The number of halogens is 3. The number of hydrogen-bond acceptors (Lipinski definition) is 1. The van der Waals surface area contributed by atoms with E-state index in [9.17, 15) is 8.78 Å². The number of hydrogen-bond donors (Lipinski definition) is 0. The first kappa shape index (κ1) is 10.4. The van der Waals surface area contributed by atoms with Gasteiger partial charge in [0.15, 0.2) is 5.76 Å². The molecule has 2 aromatic rings. The molecule has 0 saturated heterocycles. The molecule has 1 aromatic carbocycles. The second kappa shape index (κ2) is 4.14. The van der Waals surface area contributed by atoms with Gasteiger partial charge >= 0.3 is 0 Å². The zero-order valence-corrected chi connectivity index (χ0v) is 9.17. The Labute approximate surface area is 93.8 Å². The Bertz CT molecular complexity index is 465. The normalized spacial score (nSPS) is 10.9. The first-order valence-electron chi connectivity index (χ1n) is 4.30.